The highest BCUT2D eigenvalue weighted by molar-refractivity contribution is 7.98. The fourth-order valence-electron chi connectivity index (χ4n) is 2.54. The molecule has 3 aromatic rings. The van der Waals surface area contributed by atoms with Crippen molar-refractivity contribution in [3.8, 4) is 28.7 Å². The van der Waals surface area contributed by atoms with E-state index in [-0.39, 0.29) is 0 Å². The normalized spacial score (nSPS) is 13.3. The summed E-state index contributed by atoms with van der Waals surface area (Å²) >= 11 is 1.62. The zero-order valence-corrected chi connectivity index (χ0v) is 15.1. The molecule has 0 unspecified atom stereocenters. The van der Waals surface area contributed by atoms with E-state index in [0.717, 1.165) is 34.1 Å². The Hall–Kier alpha value is -2.67. The Morgan fingerprint density at radius 1 is 1.00 bits per heavy atom. The molecular formula is C19H18N2O4S. The van der Waals surface area contributed by atoms with E-state index in [1.54, 1.807) is 18.9 Å². The van der Waals surface area contributed by atoms with Crippen molar-refractivity contribution in [2.24, 2.45) is 0 Å². The van der Waals surface area contributed by atoms with Crippen molar-refractivity contribution >= 4 is 11.8 Å². The number of nitrogens with zero attached hydrogens (tertiary/aromatic N) is 2. The Balaban J connectivity index is 1.42. The van der Waals surface area contributed by atoms with E-state index in [0.29, 0.717) is 30.7 Å². The average molecular weight is 370 g/mol. The van der Waals surface area contributed by atoms with Gasteiger partial charge in [-0.1, -0.05) is 0 Å². The van der Waals surface area contributed by atoms with Gasteiger partial charge in [-0.3, -0.25) is 0 Å². The number of hydrogen-bond acceptors (Lipinski definition) is 7. The molecule has 0 fully saturated rings. The van der Waals surface area contributed by atoms with E-state index in [2.05, 4.69) is 10.2 Å². The van der Waals surface area contributed by atoms with Gasteiger partial charge in [0.2, 0.25) is 11.8 Å². The minimum absolute atomic E-state index is 0.502. The van der Waals surface area contributed by atoms with Gasteiger partial charge in [0.15, 0.2) is 11.5 Å². The second-order valence-electron chi connectivity index (χ2n) is 5.68. The molecule has 4 rings (SSSR count). The van der Waals surface area contributed by atoms with Crippen molar-refractivity contribution in [3.05, 3.63) is 48.4 Å². The Bertz CT molecular complexity index is 880. The number of methoxy groups -OCH3 is 1. The van der Waals surface area contributed by atoms with Gasteiger partial charge in [-0.15, -0.1) is 22.0 Å². The van der Waals surface area contributed by atoms with Crippen molar-refractivity contribution < 1.29 is 18.6 Å². The zero-order valence-electron chi connectivity index (χ0n) is 14.3. The lowest BCUT2D eigenvalue weighted by atomic mass is 10.2. The fourth-order valence-corrected chi connectivity index (χ4v) is 3.30. The summed E-state index contributed by atoms with van der Waals surface area (Å²) in [4.78, 5) is 1.07. The Kier molecular flexibility index (Phi) is 4.97. The summed E-state index contributed by atoms with van der Waals surface area (Å²) in [6.07, 6.45) is 0.896. The van der Waals surface area contributed by atoms with Crippen LogP contribution in [-0.2, 0) is 5.75 Å². The van der Waals surface area contributed by atoms with Crippen LogP contribution in [0.4, 0.5) is 0 Å². The summed E-state index contributed by atoms with van der Waals surface area (Å²) < 4.78 is 22.3. The van der Waals surface area contributed by atoms with Crippen LogP contribution in [0.5, 0.6) is 17.2 Å². The third kappa shape index (κ3) is 3.77. The van der Waals surface area contributed by atoms with E-state index in [1.165, 1.54) is 0 Å². The van der Waals surface area contributed by atoms with Crippen molar-refractivity contribution in [1.29, 1.82) is 0 Å². The average Bonchev–Trinajstić information content (AvgIpc) is 3.04. The Labute approximate surface area is 155 Å². The molecule has 26 heavy (non-hydrogen) atoms. The number of fused-ring (bicyclic) bond motifs is 1. The van der Waals surface area contributed by atoms with Crippen molar-refractivity contribution in [3.63, 3.8) is 0 Å². The number of benzene rings is 2. The maximum absolute atomic E-state index is 5.76. The molecule has 0 aliphatic carbocycles. The molecule has 1 aliphatic heterocycles. The van der Waals surface area contributed by atoms with Gasteiger partial charge < -0.3 is 18.6 Å². The molecule has 0 atom stereocenters. The van der Waals surface area contributed by atoms with Gasteiger partial charge in [-0.25, -0.2) is 0 Å². The van der Waals surface area contributed by atoms with Crippen LogP contribution in [0.1, 0.15) is 12.3 Å². The number of ether oxygens (including phenoxy) is 3. The summed E-state index contributed by atoms with van der Waals surface area (Å²) in [5.41, 5.74) is 0.866. The first-order valence-corrected chi connectivity index (χ1v) is 9.29. The topological polar surface area (TPSA) is 66.6 Å². The van der Waals surface area contributed by atoms with Gasteiger partial charge >= 0.3 is 0 Å². The second-order valence-corrected chi connectivity index (χ2v) is 6.73. The first-order valence-electron chi connectivity index (χ1n) is 8.31. The van der Waals surface area contributed by atoms with Crippen LogP contribution < -0.4 is 14.2 Å². The monoisotopic (exact) mass is 370 g/mol. The molecule has 0 N–H and O–H groups in total. The highest BCUT2D eigenvalue weighted by Gasteiger charge is 2.13. The van der Waals surface area contributed by atoms with Crippen LogP contribution in [0.25, 0.3) is 11.5 Å². The van der Waals surface area contributed by atoms with E-state index >= 15 is 0 Å². The van der Waals surface area contributed by atoms with Crippen molar-refractivity contribution in [2.45, 2.75) is 17.1 Å². The lowest BCUT2D eigenvalue weighted by Crippen LogP contribution is -1.97. The first kappa shape index (κ1) is 16.8. The lowest BCUT2D eigenvalue weighted by molar-refractivity contribution is 0.297. The van der Waals surface area contributed by atoms with Crippen LogP contribution in [-0.4, -0.2) is 30.5 Å². The largest absolute Gasteiger partial charge is 0.497 e. The summed E-state index contributed by atoms with van der Waals surface area (Å²) in [5.74, 6) is 4.04. The Morgan fingerprint density at radius 2 is 1.81 bits per heavy atom. The second kappa shape index (κ2) is 7.70. The van der Waals surface area contributed by atoms with E-state index in [9.17, 15) is 0 Å². The molecule has 0 amide bonds. The lowest BCUT2D eigenvalue weighted by Gasteiger charge is -2.08. The third-order valence-electron chi connectivity index (χ3n) is 3.89. The van der Waals surface area contributed by atoms with Gasteiger partial charge in [0.05, 0.1) is 26.1 Å². The van der Waals surface area contributed by atoms with Crippen LogP contribution >= 0.6 is 11.8 Å². The third-order valence-corrected chi connectivity index (χ3v) is 4.86. The molecule has 0 saturated carbocycles. The van der Waals surface area contributed by atoms with E-state index in [1.807, 2.05) is 42.5 Å². The maximum Gasteiger partial charge on any atom is 0.247 e. The molecule has 1 aromatic heterocycles. The maximum atomic E-state index is 5.76. The summed E-state index contributed by atoms with van der Waals surface area (Å²) in [6.45, 7) is 1.37. The fraction of sp³-hybridized carbons (Fsp3) is 0.263. The zero-order chi connectivity index (χ0) is 17.8. The smallest absolute Gasteiger partial charge is 0.247 e. The first-order chi connectivity index (χ1) is 12.8. The highest BCUT2D eigenvalue weighted by atomic mass is 32.2. The van der Waals surface area contributed by atoms with Crippen LogP contribution in [0.2, 0.25) is 0 Å². The van der Waals surface area contributed by atoms with Crippen LogP contribution in [0.15, 0.2) is 51.8 Å². The SMILES string of the molecule is COc1ccc(-c2nnc(CSc3ccc4c(c3)OCCCO4)o2)cc1. The van der Waals surface area contributed by atoms with Crippen LogP contribution in [0.3, 0.4) is 0 Å². The van der Waals surface area contributed by atoms with E-state index in [4.69, 9.17) is 18.6 Å². The molecule has 6 nitrogen and oxygen atoms in total. The van der Waals surface area contributed by atoms with E-state index < -0.39 is 0 Å². The summed E-state index contributed by atoms with van der Waals surface area (Å²) in [6, 6.07) is 13.5. The van der Waals surface area contributed by atoms with Crippen molar-refractivity contribution in [1.82, 2.24) is 10.2 Å². The molecule has 2 aromatic carbocycles. The van der Waals surface area contributed by atoms with Gasteiger partial charge in [-0.05, 0) is 42.5 Å². The number of hydrogen-bond donors (Lipinski definition) is 0. The van der Waals surface area contributed by atoms with Gasteiger partial charge in [0.1, 0.15) is 5.75 Å². The molecule has 0 radical (unpaired) electrons. The number of rotatable bonds is 5. The molecular weight excluding hydrogens is 352 g/mol. The molecule has 1 aliphatic rings. The quantitative estimate of drug-likeness (QED) is 0.624. The molecule has 2 heterocycles. The molecule has 0 bridgehead atoms. The minimum Gasteiger partial charge on any atom is -0.497 e. The highest BCUT2D eigenvalue weighted by Crippen LogP contribution is 2.35. The summed E-state index contributed by atoms with van der Waals surface area (Å²) in [7, 11) is 1.64. The van der Waals surface area contributed by atoms with Gasteiger partial charge in [0, 0.05) is 16.9 Å². The van der Waals surface area contributed by atoms with Gasteiger partial charge in [0.25, 0.3) is 0 Å². The molecule has 7 heteroatoms. The predicted octanol–water partition coefficient (Wildman–Crippen LogP) is 4.20. The number of thioether (sulfide) groups is 1. The predicted molar refractivity (Wildman–Crippen MR) is 97.9 cm³/mol. The number of aromatic nitrogens is 2. The van der Waals surface area contributed by atoms with Gasteiger partial charge in [-0.2, -0.15) is 0 Å². The minimum atomic E-state index is 0.502. The Morgan fingerprint density at radius 3 is 2.62 bits per heavy atom. The standard InChI is InChI=1S/C19H18N2O4S/c1-22-14-5-3-13(4-6-14)19-21-20-18(25-19)12-26-15-7-8-16-17(11-15)24-10-2-9-23-16/h3-8,11H,2,9-10,12H2,1H3. The molecule has 0 spiro atoms. The summed E-state index contributed by atoms with van der Waals surface area (Å²) in [5, 5.41) is 8.25. The van der Waals surface area contributed by atoms with Crippen molar-refractivity contribution in [2.75, 3.05) is 20.3 Å². The van der Waals surface area contributed by atoms with Crippen LogP contribution in [0, 0.1) is 0 Å². The molecule has 134 valence electrons. The molecule has 0 saturated heterocycles.